The van der Waals surface area contributed by atoms with Crippen molar-refractivity contribution in [2.45, 2.75) is 11.8 Å². The van der Waals surface area contributed by atoms with Crippen molar-refractivity contribution in [3.63, 3.8) is 0 Å². The van der Waals surface area contributed by atoms with E-state index < -0.39 is 29.0 Å². The number of amides is 1. The van der Waals surface area contributed by atoms with E-state index in [0.717, 1.165) is 5.56 Å². The number of anilines is 1. The van der Waals surface area contributed by atoms with Crippen LogP contribution in [0.1, 0.15) is 17.5 Å². The van der Waals surface area contributed by atoms with Gasteiger partial charge >= 0.3 is 5.97 Å². The second-order valence-electron chi connectivity index (χ2n) is 7.23. The molecule has 0 fully saturated rings. The van der Waals surface area contributed by atoms with Crippen LogP contribution in [-0.4, -0.2) is 38.9 Å². The van der Waals surface area contributed by atoms with Gasteiger partial charge < -0.3 is 14.4 Å². The SMILES string of the molecule is COC(=O)[C@@H]1CC(c2ccc(OC)cc2)=CC(=O)[C@@]12C(=O)N(C)c1ccccc12. The summed E-state index contributed by atoms with van der Waals surface area (Å²) in [5.41, 5.74) is 1.10. The lowest BCUT2D eigenvalue weighted by molar-refractivity contribution is -0.154. The fraction of sp³-hybridized carbons (Fsp3) is 0.261. The number of carbonyl (C=O) groups is 3. The van der Waals surface area contributed by atoms with Crippen LogP contribution >= 0.6 is 0 Å². The number of para-hydroxylation sites is 1. The summed E-state index contributed by atoms with van der Waals surface area (Å²) >= 11 is 0. The van der Waals surface area contributed by atoms with Crippen molar-refractivity contribution < 1.29 is 23.9 Å². The van der Waals surface area contributed by atoms with E-state index in [1.165, 1.54) is 18.1 Å². The Morgan fingerprint density at radius 1 is 1.07 bits per heavy atom. The highest BCUT2D eigenvalue weighted by molar-refractivity contribution is 6.28. The molecular formula is C23H21NO5. The molecule has 2 aromatic carbocycles. The van der Waals surface area contributed by atoms with Crippen LogP contribution in [0.2, 0.25) is 0 Å². The first kappa shape index (κ1) is 18.9. The lowest BCUT2D eigenvalue weighted by Crippen LogP contribution is -2.54. The first-order valence-electron chi connectivity index (χ1n) is 9.30. The molecule has 1 amide bonds. The Hall–Kier alpha value is -3.41. The molecule has 1 aliphatic carbocycles. The van der Waals surface area contributed by atoms with Gasteiger partial charge in [-0.05, 0) is 41.8 Å². The molecule has 2 atom stereocenters. The van der Waals surface area contributed by atoms with Gasteiger partial charge in [-0.3, -0.25) is 14.4 Å². The molecule has 0 bridgehead atoms. The minimum Gasteiger partial charge on any atom is -0.497 e. The molecule has 0 N–H and O–H groups in total. The van der Waals surface area contributed by atoms with Gasteiger partial charge in [-0.1, -0.05) is 30.3 Å². The lowest BCUT2D eigenvalue weighted by Gasteiger charge is -2.36. The smallest absolute Gasteiger partial charge is 0.310 e. The van der Waals surface area contributed by atoms with Crippen molar-refractivity contribution in [3.8, 4) is 5.75 Å². The van der Waals surface area contributed by atoms with Crippen molar-refractivity contribution in [2.75, 3.05) is 26.2 Å². The van der Waals surface area contributed by atoms with Crippen molar-refractivity contribution in [1.29, 1.82) is 0 Å². The molecule has 148 valence electrons. The van der Waals surface area contributed by atoms with Gasteiger partial charge in [0.1, 0.15) is 5.75 Å². The zero-order valence-corrected chi connectivity index (χ0v) is 16.5. The normalized spacial score (nSPS) is 23.1. The molecule has 29 heavy (non-hydrogen) atoms. The average Bonchev–Trinajstić information content (AvgIpc) is 2.98. The fourth-order valence-corrected chi connectivity index (χ4v) is 4.45. The molecule has 0 saturated carbocycles. The minimum absolute atomic E-state index is 0.221. The number of fused-ring (bicyclic) bond motifs is 2. The van der Waals surface area contributed by atoms with Gasteiger partial charge in [0.2, 0.25) is 5.91 Å². The molecule has 4 rings (SSSR count). The van der Waals surface area contributed by atoms with Gasteiger partial charge in [0.05, 0.1) is 20.1 Å². The molecule has 1 heterocycles. The van der Waals surface area contributed by atoms with Gasteiger partial charge in [0.15, 0.2) is 11.2 Å². The first-order valence-corrected chi connectivity index (χ1v) is 9.30. The topological polar surface area (TPSA) is 72.9 Å². The number of methoxy groups -OCH3 is 2. The molecule has 1 aliphatic heterocycles. The Labute approximate surface area is 168 Å². The van der Waals surface area contributed by atoms with E-state index in [2.05, 4.69) is 0 Å². The third-order valence-corrected chi connectivity index (χ3v) is 5.92. The van der Waals surface area contributed by atoms with Gasteiger partial charge in [0, 0.05) is 18.3 Å². The maximum Gasteiger partial charge on any atom is 0.310 e. The fourth-order valence-electron chi connectivity index (χ4n) is 4.45. The Balaban J connectivity index is 1.89. The number of hydrogen-bond donors (Lipinski definition) is 0. The summed E-state index contributed by atoms with van der Waals surface area (Å²) in [6.45, 7) is 0. The van der Waals surface area contributed by atoms with Gasteiger partial charge in [-0.25, -0.2) is 0 Å². The van der Waals surface area contributed by atoms with Crippen molar-refractivity contribution in [1.82, 2.24) is 0 Å². The number of benzene rings is 2. The van der Waals surface area contributed by atoms with E-state index in [9.17, 15) is 14.4 Å². The highest BCUT2D eigenvalue weighted by Crippen LogP contribution is 2.52. The number of allylic oxidation sites excluding steroid dienone is 2. The molecule has 0 aromatic heterocycles. The van der Waals surface area contributed by atoms with Crippen LogP contribution in [0, 0.1) is 5.92 Å². The number of nitrogens with zero attached hydrogens (tertiary/aromatic N) is 1. The second-order valence-corrected chi connectivity index (χ2v) is 7.23. The summed E-state index contributed by atoms with van der Waals surface area (Å²) in [6, 6.07) is 14.4. The summed E-state index contributed by atoms with van der Waals surface area (Å²) in [5.74, 6) is -1.62. The molecule has 6 nitrogen and oxygen atoms in total. The Morgan fingerprint density at radius 2 is 1.76 bits per heavy atom. The zero-order chi connectivity index (χ0) is 20.8. The quantitative estimate of drug-likeness (QED) is 0.594. The van der Waals surface area contributed by atoms with Gasteiger partial charge in [0.25, 0.3) is 0 Å². The molecule has 1 spiro atoms. The minimum atomic E-state index is -1.59. The maximum absolute atomic E-state index is 13.5. The van der Waals surface area contributed by atoms with Crippen molar-refractivity contribution in [2.24, 2.45) is 5.92 Å². The number of ketones is 1. The van der Waals surface area contributed by atoms with E-state index in [-0.39, 0.29) is 6.42 Å². The van der Waals surface area contributed by atoms with E-state index >= 15 is 0 Å². The Kier molecular flexibility index (Phi) is 4.49. The van der Waals surface area contributed by atoms with E-state index in [0.29, 0.717) is 22.6 Å². The van der Waals surface area contributed by atoms with Crippen LogP contribution < -0.4 is 9.64 Å². The van der Waals surface area contributed by atoms with Crippen molar-refractivity contribution >= 4 is 28.9 Å². The van der Waals surface area contributed by atoms with E-state index in [4.69, 9.17) is 9.47 Å². The molecular weight excluding hydrogens is 370 g/mol. The largest absolute Gasteiger partial charge is 0.497 e. The summed E-state index contributed by atoms with van der Waals surface area (Å²) in [4.78, 5) is 41.2. The van der Waals surface area contributed by atoms with Crippen molar-refractivity contribution in [3.05, 3.63) is 65.7 Å². The van der Waals surface area contributed by atoms with Gasteiger partial charge in [-0.15, -0.1) is 0 Å². The number of rotatable bonds is 3. The number of carbonyl (C=O) groups excluding carboxylic acids is 3. The summed E-state index contributed by atoms with van der Waals surface area (Å²) in [6.07, 6.45) is 1.72. The monoisotopic (exact) mass is 391 g/mol. The van der Waals surface area contributed by atoms with Crippen LogP contribution in [0.25, 0.3) is 5.57 Å². The van der Waals surface area contributed by atoms with Crippen LogP contribution in [-0.2, 0) is 24.5 Å². The average molecular weight is 391 g/mol. The molecule has 0 radical (unpaired) electrons. The molecule has 6 heteroatoms. The maximum atomic E-state index is 13.5. The Bertz CT molecular complexity index is 1040. The number of esters is 1. The molecule has 0 unspecified atom stereocenters. The van der Waals surface area contributed by atoms with Crippen LogP contribution in [0.3, 0.4) is 0 Å². The van der Waals surface area contributed by atoms with Gasteiger partial charge in [-0.2, -0.15) is 0 Å². The van der Waals surface area contributed by atoms with Crippen LogP contribution in [0.4, 0.5) is 5.69 Å². The standard InChI is InChI=1S/C23H21NO5/c1-24-19-7-5-4-6-17(19)23(22(24)27)18(21(26)29-3)12-15(13-20(23)25)14-8-10-16(28-2)11-9-14/h4-11,13,18H,12H2,1-3H3/t18-,23-/m0/s1. The van der Waals surface area contributed by atoms with Crippen LogP contribution in [0.15, 0.2) is 54.6 Å². The predicted molar refractivity (Wildman–Crippen MR) is 108 cm³/mol. The molecule has 2 aliphatic rings. The molecule has 0 saturated heterocycles. The Morgan fingerprint density at radius 3 is 2.41 bits per heavy atom. The first-order chi connectivity index (χ1) is 13.9. The summed E-state index contributed by atoms with van der Waals surface area (Å²) in [5, 5.41) is 0. The third-order valence-electron chi connectivity index (χ3n) is 5.92. The second kappa shape index (κ2) is 6.88. The number of hydrogen-bond acceptors (Lipinski definition) is 5. The highest BCUT2D eigenvalue weighted by Gasteiger charge is 2.63. The number of ether oxygens (including phenoxy) is 2. The molecule has 2 aromatic rings. The van der Waals surface area contributed by atoms with Crippen LogP contribution in [0.5, 0.6) is 5.75 Å². The third kappa shape index (κ3) is 2.59. The van der Waals surface area contributed by atoms with E-state index in [1.54, 1.807) is 50.6 Å². The number of likely N-dealkylation sites (N-methyl/N-ethyl adjacent to an activating group) is 1. The summed E-state index contributed by atoms with van der Waals surface area (Å²) < 4.78 is 10.2. The highest BCUT2D eigenvalue weighted by atomic mass is 16.5. The zero-order valence-electron chi connectivity index (χ0n) is 16.5. The predicted octanol–water partition coefficient (Wildman–Crippen LogP) is 2.76. The lowest BCUT2D eigenvalue weighted by atomic mass is 9.62. The van der Waals surface area contributed by atoms with E-state index in [1.807, 2.05) is 12.1 Å². The summed E-state index contributed by atoms with van der Waals surface area (Å²) in [7, 11) is 4.48.